The van der Waals surface area contributed by atoms with Gasteiger partial charge in [-0.3, -0.25) is 4.79 Å². The first-order chi connectivity index (χ1) is 10.1. The van der Waals surface area contributed by atoms with Crippen molar-refractivity contribution in [1.82, 2.24) is 10.6 Å². The molecule has 1 aliphatic heterocycles. The van der Waals surface area contributed by atoms with E-state index in [9.17, 15) is 4.79 Å². The normalized spacial score (nSPS) is 29.7. The van der Waals surface area contributed by atoms with Gasteiger partial charge in [-0.05, 0) is 49.9 Å². The maximum absolute atomic E-state index is 12.9. The van der Waals surface area contributed by atoms with E-state index in [0.29, 0.717) is 5.92 Å². The van der Waals surface area contributed by atoms with Gasteiger partial charge in [-0.15, -0.1) is 0 Å². The molecule has 1 aromatic carbocycles. The first kappa shape index (κ1) is 14.9. The number of hydrogen-bond acceptors (Lipinski definition) is 2. The number of fused-ring (bicyclic) bond motifs is 1. The molecule has 1 aromatic rings. The van der Waals surface area contributed by atoms with E-state index < -0.39 is 0 Å². The van der Waals surface area contributed by atoms with E-state index in [1.165, 1.54) is 19.3 Å². The van der Waals surface area contributed by atoms with Crippen LogP contribution in [0.4, 0.5) is 0 Å². The minimum absolute atomic E-state index is 0.0207. The summed E-state index contributed by atoms with van der Waals surface area (Å²) >= 11 is 5.92. The standard InChI is InChI=1S/C17H23ClN2O/c1-12(13-5-7-15(18)8-6-13)20-16(21)17-9-3-2-4-14(17)10-19-11-17/h5-8,12,14,19H,2-4,9-11H2,1H3,(H,20,21)/t12?,14-,17+/m0/s1. The van der Waals surface area contributed by atoms with Gasteiger partial charge in [-0.25, -0.2) is 0 Å². The molecule has 0 bridgehead atoms. The SMILES string of the molecule is CC(NC(=O)[C@@]12CCCC[C@H]1CNC2)c1ccc(Cl)cc1. The number of amides is 1. The van der Waals surface area contributed by atoms with Crippen LogP contribution in [0.25, 0.3) is 0 Å². The highest BCUT2D eigenvalue weighted by Gasteiger charge is 2.49. The highest BCUT2D eigenvalue weighted by molar-refractivity contribution is 6.30. The summed E-state index contributed by atoms with van der Waals surface area (Å²) in [5, 5.41) is 7.38. The monoisotopic (exact) mass is 306 g/mol. The predicted octanol–water partition coefficient (Wildman–Crippen LogP) is 3.30. The maximum atomic E-state index is 12.9. The Kier molecular flexibility index (Phi) is 4.23. The molecule has 0 aromatic heterocycles. The predicted molar refractivity (Wildman–Crippen MR) is 85.3 cm³/mol. The van der Waals surface area contributed by atoms with Crippen molar-refractivity contribution in [3.8, 4) is 0 Å². The quantitative estimate of drug-likeness (QED) is 0.899. The highest BCUT2D eigenvalue weighted by Crippen LogP contribution is 2.44. The lowest BCUT2D eigenvalue weighted by atomic mass is 9.67. The Hall–Kier alpha value is -1.06. The van der Waals surface area contributed by atoms with Crippen LogP contribution in [-0.4, -0.2) is 19.0 Å². The Morgan fingerprint density at radius 2 is 2.14 bits per heavy atom. The molecule has 1 aliphatic carbocycles. The van der Waals surface area contributed by atoms with Gasteiger partial charge in [0.05, 0.1) is 11.5 Å². The van der Waals surface area contributed by atoms with Gasteiger partial charge in [0.15, 0.2) is 0 Å². The average molecular weight is 307 g/mol. The van der Waals surface area contributed by atoms with Crippen molar-refractivity contribution in [3.63, 3.8) is 0 Å². The molecular weight excluding hydrogens is 284 g/mol. The first-order valence-corrected chi connectivity index (χ1v) is 8.27. The van der Waals surface area contributed by atoms with Gasteiger partial charge >= 0.3 is 0 Å². The number of rotatable bonds is 3. The van der Waals surface area contributed by atoms with E-state index in [-0.39, 0.29) is 17.4 Å². The third-order valence-corrected chi connectivity index (χ3v) is 5.46. The van der Waals surface area contributed by atoms with Crippen LogP contribution >= 0.6 is 11.6 Å². The summed E-state index contributed by atoms with van der Waals surface area (Å²) < 4.78 is 0. The van der Waals surface area contributed by atoms with E-state index in [4.69, 9.17) is 11.6 Å². The lowest BCUT2D eigenvalue weighted by Gasteiger charge is -2.38. The Bertz CT molecular complexity index is 516. The molecule has 1 heterocycles. The zero-order valence-electron chi connectivity index (χ0n) is 12.5. The van der Waals surface area contributed by atoms with Crippen LogP contribution in [0.5, 0.6) is 0 Å². The van der Waals surface area contributed by atoms with E-state index >= 15 is 0 Å². The van der Waals surface area contributed by atoms with Gasteiger partial charge in [-0.1, -0.05) is 36.6 Å². The van der Waals surface area contributed by atoms with Gasteiger partial charge in [-0.2, -0.15) is 0 Å². The lowest BCUT2D eigenvalue weighted by Crippen LogP contribution is -2.48. The second kappa shape index (κ2) is 5.98. The van der Waals surface area contributed by atoms with Crippen LogP contribution in [0, 0.1) is 11.3 Å². The number of benzene rings is 1. The molecule has 114 valence electrons. The fourth-order valence-electron chi connectivity index (χ4n) is 3.87. The molecule has 2 N–H and O–H groups in total. The molecule has 2 aliphatic rings. The second-order valence-corrected chi connectivity index (χ2v) is 6.91. The summed E-state index contributed by atoms with van der Waals surface area (Å²) in [6.07, 6.45) is 4.62. The van der Waals surface area contributed by atoms with Crippen LogP contribution < -0.4 is 10.6 Å². The van der Waals surface area contributed by atoms with Gasteiger partial charge in [0.25, 0.3) is 0 Å². The molecule has 1 saturated heterocycles. The molecule has 3 atom stereocenters. The van der Waals surface area contributed by atoms with Gasteiger partial charge in [0.1, 0.15) is 0 Å². The summed E-state index contributed by atoms with van der Waals surface area (Å²) in [5.41, 5.74) is 0.918. The smallest absolute Gasteiger partial charge is 0.228 e. The molecule has 2 fully saturated rings. The summed E-state index contributed by atoms with van der Waals surface area (Å²) in [6.45, 7) is 3.86. The molecule has 21 heavy (non-hydrogen) atoms. The molecule has 1 amide bonds. The fourth-order valence-corrected chi connectivity index (χ4v) is 3.99. The first-order valence-electron chi connectivity index (χ1n) is 7.89. The van der Waals surface area contributed by atoms with Crippen LogP contribution in [0.2, 0.25) is 5.02 Å². The third-order valence-electron chi connectivity index (χ3n) is 5.21. The minimum atomic E-state index is -0.182. The number of halogens is 1. The van der Waals surface area contributed by atoms with E-state index in [1.807, 2.05) is 31.2 Å². The third kappa shape index (κ3) is 2.82. The van der Waals surface area contributed by atoms with E-state index in [0.717, 1.165) is 30.1 Å². The Labute approximate surface area is 131 Å². The van der Waals surface area contributed by atoms with Crippen molar-refractivity contribution in [2.75, 3.05) is 13.1 Å². The van der Waals surface area contributed by atoms with Crippen LogP contribution in [0.1, 0.15) is 44.2 Å². The van der Waals surface area contributed by atoms with Crippen LogP contribution in [0.3, 0.4) is 0 Å². The van der Waals surface area contributed by atoms with Crippen molar-refractivity contribution >= 4 is 17.5 Å². The number of hydrogen-bond donors (Lipinski definition) is 2. The van der Waals surface area contributed by atoms with Crippen LogP contribution in [-0.2, 0) is 4.79 Å². The van der Waals surface area contributed by atoms with Gasteiger partial charge in [0, 0.05) is 11.6 Å². The Morgan fingerprint density at radius 3 is 2.90 bits per heavy atom. The van der Waals surface area contributed by atoms with Crippen molar-refractivity contribution in [2.45, 2.75) is 38.6 Å². The fraction of sp³-hybridized carbons (Fsp3) is 0.588. The average Bonchev–Trinajstić information content (AvgIpc) is 2.93. The van der Waals surface area contributed by atoms with Crippen LogP contribution in [0.15, 0.2) is 24.3 Å². The Morgan fingerprint density at radius 1 is 1.38 bits per heavy atom. The summed E-state index contributed by atoms with van der Waals surface area (Å²) in [4.78, 5) is 12.9. The van der Waals surface area contributed by atoms with E-state index in [1.54, 1.807) is 0 Å². The van der Waals surface area contributed by atoms with Crippen molar-refractivity contribution < 1.29 is 4.79 Å². The molecule has 3 rings (SSSR count). The zero-order chi connectivity index (χ0) is 14.9. The molecule has 3 nitrogen and oxygen atoms in total. The summed E-state index contributed by atoms with van der Waals surface area (Å²) in [6, 6.07) is 7.73. The number of nitrogens with one attached hydrogen (secondary N) is 2. The molecule has 1 saturated carbocycles. The number of carbonyl (C=O) groups excluding carboxylic acids is 1. The maximum Gasteiger partial charge on any atom is 0.228 e. The minimum Gasteiger partial charge on any atom is -0.349 e. The highest BCUT2D eigenvalue weighted by atomic mass is 35.5. The summed E-state index contributed by atoms with van der Waals surface area (Å²) in [5.74, 6) is 0.725. The Balaban J connectivity index is 1.71. The summed E-state index contributed by atoms with van der Waals surface area (Å²) in [7, 11) is 0. The molecule has 1 unspecified atom stereocenters. The lowest BCUT2D eigenvalue weighted by molar-refractivity contribution is -0.134. The van der Waals surface area contributed by atoms with Crippen molar-refractivity contribution in [2.24, 2.45) is 11.3 Å². The van der Waals surface area contributed by atoms with Crippen molar-refractivity contribution in [3.05, 3.63) is 34.9 Å². The number of carbonyl (C=O) groups is 1. The molecule has 4 heteroatoms. The topological polar surface area (TPSA) is 41.1 Å². The largest absolute Gasteiger partial charge is 0.349 e. The molecule has 0 radical (unpaired) electrons. The van der Waals surface area contributed by atoms with Crippen molar-refractivity contribution in [1.29, 1.82) is 0 Å². The van der Waals surface area contributed by atoms with Gasteiger partial charge < -0.3 is 10.6 Å². The van der Waals surface area contributed by atoms with E-state index in [2.05, 4.69) is 10.6 Å². The second-order valence-electron chi connectivity index (χ2n) is 6.48. The molecule has 0 spiro atoms. The zero-order valence-corrected chi connectivity index (χ0v) is 13.2. The van der Waals surface area contributed by atoms with Gasteiger partial charge in [0.2, 0.25) is 5.91 Å². The molecular formula is C17H23ClN2O.